The van der Waals surface area contributed by atoms with Crippen LogP contribution in [0.3, 0.4) is 0 Å². The van der Waals surface area contributed by atoms with Crippen LogP contribution in [0.15, 0.2) is 33.7 Å². The summed E-state index contributed by atoms with van der Waals surface area (Å²) >= 11 is 1.67. The van der Waals surface area contributed by atoms with E-state index in [1.54, 1.807) is 26.0 Å². The molecule has 0 N–H and O–H groups in total. The van der Waals surface area contributed by atoms with E-state index in [2.05, 4.69) is 10.1 Å². The summed E-state index contributed by atoms with van der Waals surface area (Å²) in [5.74, 6) is 2.35. The highest BCUT2D eigenvalue weighted by atomic mass is 32.2. The minimum absolute atomic E-state index is 0.260. The lowest BCUT2D eigenvalue weighted by atomic mass is 10.2. The number of benzene rings is 1. The largest absolute Gasteiger partial charge is 0.352 e. The number of nitrogens with zero attached hydrogens (tertiary/aromatic N) is 2. The topological polar surface area (TPSA) is 57.4 Å². The van der Waals surface area contributed by atoms with Crippen LogP contribution in [-0.4, -0.2) is 24.4 Å². The number of aromatic nitrogens is 2. The second kappa shape index (κ2) is 7.59. The Morgan fingerprint density at radius 2 is 1.81 bits per heavy atom. The first kappa shape index (κ1) is 16.0. The smallest absolute Gasteiger partial charge is 0.229 e. The average Bonchev–Trinajstić information content (AvgIpc) is 2.97. The van der Waals surface area contributed by atoms with Crippen molar-refractivity contribution < 1.29 is 14.0 Å². The summed E-state index contributed by atoms with van der Waals surface area (Å²) in [6, 6.07) is 8.06. The molecule has 114 valence electrons. The van der Waals surface area contributed by atoms with Gasteiger partial charge in [-0.1, -0.05) is 31.1 Å². The molecule has 0 unspecified atom stereocenters. The Balaban J connectivity index is 1.94. The lowest BCUT2D eigenvalue weighted by Crippen LogP contribution is -2.02. The van der Waals surface area contributed by atoms with E-state index in [9.17, 15) is 0 Å². The van der Waals surface area contributed by atoms with Gasteiger partial charge >= 0.3 is 0 Å². The fraction of sp³-hybridized carbons (Fsp3) is 0.467. The molecule has 0 bridgehead atoms. The maximum atomic E-state index is 5.22. The van der Waals surface area contributed by atoms with Gasteiger partial charge in [-0.3, -0.25) is 0 Å². The zero-order chi connectivity index (χ0) is 15.2. The quantitative estimate of drug-likeness (QED) is 0.573. The summed E-state index contributed by atoms with van der Waals surface area (Å²) in [6.07, 6.45) is -0.324. The summed E-state index contributed by atoms with van der Waals surface area (Å²) in [5.41, 5.74) is 0.992. The van der Waals surface area contributed by atoms with Crippen LogP contribution in [0.4, 0.5) is 0 Å². The molecule has 2 rings (SSSR count). The zero-order valence-corrected chi connectivity index (χ0v) is 13.5. The van der Waals surface area contributed by atoms with Gasteiger partial charge in [-0.2, -0.15) is 4.98 Å². The zero-order valence-electron chi connectivity index (χ0n) is 12.7. The first-order valence-corrected chi connectivity index (χ1v) is 7.73. The molecule has 0 saturated carbocycles. The van der Waals surface area contributed by atoms with Crippen molar-refractivity contribution in [3.63, 3.8) is 0 Å². The molecule has 0 atom stereocenters. The summed E-state index contributed by atoms with van der Waals surface area (Å²) in [4.78, 5) is 5.50. The predicted molar refractivity (Wildman–Crippen MR) is 81.1 cm³/mol. The highest BCUT2D eigenvalue weighted by Crippen LogP contribution is 2.25. The fourth-order valence-electron chi connectivity index (χ4n) is 1.80. The number of ether oxygens (including phenoxy) is 2. The van der Waals surface area contributed by atoms with Gasteiger partial charge in [0.1, 0.15) is 0 Å². The molecule has 0 saturated heterocycles. The molecule has 1 heterocycles. The third kappa shape index (κ3) is 4.30. The maximum Gasteiger partial charge on any atom is 0.229 e. The van der Waals surface area contributed by atoms with Gasteiger partial charge in [0.25, 0.3) is 0 Å². The summed E-state index contributed by atoms with van der Waals surface area (Å²) in [5, 5.41) is 3.98. The molecule has 0 spiro atoms. The van der Waals surface area contributed by atoms with Crippen molar-refractivity contribution in [1.29, 1.82) is 0 Å². The van der Waals surface area contributed by atoms with Crippen LogP contribution < -0.4 is 0 Å². The van der Waals surface area contributed by atoms with Crippen LogP contribution in [-0.2, 0) is 15.2 Å². The summed E-state index contributed by atoms with van der Waals surface area (Å²) in [6.45, 7) is 4.07. The van der Waals surface area contributed by atoms with Gasteiger partial charge in [0.05, 0.1) is 5.75 Å². The first-order chi connectivity index (χ1) is 10.1. The Bertz CT molecular complexity index is 550. The third-order valence-corrected chi connectivity index (χ3v) is 3.93. The lowest BCUT2D eigenvalue weighted by Gasteiger charge is -2.13. The van der Waals surface area contributed by atoms with E-state index in [-0.39, 0.29) is 12.2 Å². The van der Waals surface area contributed by atoms with E-state index >= 15 is 0 Å². The number of thioether (sulfide) groups is 1. The standard InChI is InChI=1S/C15H20N2O3S/c1-10(2)14-16-13(17-20-14)9-21-12-7-5-11(6-8-12)15(18-3)19-4/h5-8,10,15H,9H2,1-4H3. The predicted octanol–water partition coefficient (Wildman–Crippen LogP) is 3.78. The van der Waals surface area contributed by atoms with E-state index in [1.807, 2.05) is 38.1 Å². The van der Waals surface area contributed by atoms with Gasteiger partial charge in [-0.15, -0.1) is 11.8 Å². The van der Waals surface area contributed by atoms with Crippen molar-refractivity contribution in [2.75, 3.05) is 14.2 Å². The second-order valence-corrected chi connectivity index (χ2v) is 5.91. The minimum Gasteiger partial charge on any atom is -0.352 e. The maximum absolute atomic E-state index is 5.22. The van der Waals surface area contributed by atoms with Gasteiger partial charge in [0, 0.05) is 30.6 Å². The third-order valence-electron chi connectivity index (χ3n) is 2.93. The van der Waals surface area contributed by atoms with Crippen LogP contribution >= 0.6 is 11.8 Å². The van der Waals surface area contributed by atoms with E-state index in [0.29, 0.717) is 11.6 Å². The van der Waals surface area contributed by atoms with Crippen molar-refractivity contribution in [2.45, 2.75) is 36.7 Å². The van der Waals surface area contributed by atoms with Crippen LogP contribution in [0.2, 0.25) is 0 Å². The Kier molecular flexibility index (Phi) is 5.78. The molecule has 1 aromatic heterocycles. The molecule has 1 aromatic carbocycles. The highest BCUT2D eigenvalue weighted by Gasteiger charge is 2.11. The average molecular weight is 308 g/mol. The number of hydrogen-bond acceptors (Lipinski definition) is 6. The molecule has 6 heteroatoms. The van der Waals surface area contributed by atoms with Gasteiger partial charge < -0.3 is 14.0 Å². The van der Waals surface area contributed by atoms with E-state index in [0.717, 1.165) is 16.3 Å². The molecule has 21 heavy (non-hydrogen) atoms. The fourth-order valence-corrected chi connectivity index (χ4v) is 2.54. The summed E-state index contributed by atoms with van der Waals surface area (Å²) in [7, 11) is 3.25. The molecule has 0 aliphatic rings. The van der Waals surface area contributed by atoms with Crippen molar-refractivity contribution in [3.05, 3.63) is 41.5 Å². The molecular formula is C15H20N2O3S. The minimum atomic E-state index is -0.324. The molecule has 0 fully saturated rings. The normalized spacial score (nSPS) is 11.5. The van der Waals surface area contributed by atoms with Gasteiger partial charge in [-0.25, -0.2) is 0 Å². The molecule has 2 aromatic rings. The van der Waals surface area contributed by atoms with Crippen molar-refractivity contribution >= 4 is 11.8 Å². The van der Waals surface area contributed by atoms with Crippen LogP contribution in [0.25, 0.3) is 0 Å². The van der Waals surface area contributed by atoms with Gasteiger partial charge in [0.2, 0.25) is 5.89 Å². The molecule has 0 radical (unpaired) electrons. The summed E-state index contributed by atoms with van der Waals surface area (Å²) < 4.78 is 15.6. The van der Waals surface area contributed by atoms with Crippen LogP contribution in [0.5, 0.6) is 0 Å². The first-order valence-electron chi connectivity index (χ1n) is 6.75. The van der Waals surface area contributed by atoms with Crippen molar-refractivity contribution in [2.24, 2.45) is 0 Å². The Morgan fingerprint density at radius 3 is 2.33 bits per heavy atom. The Hall–Kier alpha value is -1.37. The van der Waals surface area contributed by atoms with E-state index in [1.165, 1.54) is 0 Å². The van der Waals surface area contributed by atoms with E-state index < -0.39 is 0 Å². The van der Waals surface area contributed by atoms with Crippen molar-refractivity contribution in [1.82, 2.24) is 10.1 Å². The molecule has 5 nitrogen and oxygen atoms in total. The molecule has 0 amide bonds. The molecule has 0 aliphatic carbocycles. The Morgan fingerprint density at radius 1 is 1.14 bits per heavy atom. The number of methoxy groups -OCH3 is 2. The van der Waals surface area contributed by atoms with Crippen LogP contribution in [0, 0.1) is 0 Å². The van der Waals surface area contributed by atoms with Crippen LogP contribution in [0.1, 0.15) is 43.3 Å². The lowest BCUT2D eigenvalue weighted by molar-refractivity contribution is -0.106. The second-order valence-electron chi connectivity index (χ2n) is 4.86. The Labute approximate surface area is 129 Å². The highest BCUT2D eigenvalue weighted by molar-refractivity contribution is 7.98. The molecular weight excluding hydrogens is 288 g/mol. The number of hydrogen-bond donors (Lipinski definition) is 0. The van der Waals surface area contributed by atoms with E-state index in [4.69, 9.17) is 14.0 Å². The van der Waals surface area contributed by atoms with Crippen molar-refractivity contribution in [3.8, 4) is 0 Å². The molecule has 0 aliphatic heterocycles. The van der Waals surface area contributed by atoms with Gasteiger partial charge in [0.15, 0.2) is 12.1 Å². The monoisotopic (exact) mass is 308 g/mol. The van der Waals surface area contributed by atoms with Gasteiger partial charge in [-0.05, 0) is 12.1 Å². The SMILES string of the molecule is COC(OC)c1ccc(SCc2noc(C(C)C)n2)cc1. The number of rotatable bonds is 7.